The molecule has 4 heterocycles. The average molecular weight is 660 g/mol. The fourth-order valence-electron chi connectivity index (χ4n) is 6.56. The van der Waals surface area contributed by atoms with Gasteiger partial charge in [0.15, 0.2) is 17.0 Å². The number of nitrogens with zero attached hydrogens (tertiary/aromatic N) is 6. The summed E-state index contributed by atoms with van der Waals surface area (Å²) in [5.74, 6) is -0.265. The summed E-state index contributed by atoms with van der Waals surface area (Å²) in [4.78, 5) is 48.9. The molecule has 1 N–H and O–H groups in total. The van der Waals surface area contributed by atoms with E-state index in [1.54, 1.807) is 15.5 Å². The van der Waals surface area contributed by atoms with E-state index in [1.807, 2.05) is 39.5 Å². The van der Waals surface area contributed by atoms with Crippen LogP contribution in [0.25, 0.3) is 17.2 Å². The summed E-state index contributed by atoms with van der Waals surface area (Å²) in [5.41, 5.74) is 0.0961. The average Bonchev–Trinajstić information content (AvgIpc) is 2.93. The minimum absolute atomic E-state index is 0.00843. The van der Waals surface area contributed by atoms with Gasteiger partial charge in [0.1, 0.15) is 17.8 Å². The van der Waals surface area contributed by atoms with E-state index >= 15 is 0 Å². The number of carbonyl (C=O) groups excluding carboxylic acids is 2. The van der Waals surface area contributed by atoms with Crippen LogP contribution in [-0.4, -0.2) is 67.4 Å². The largest absolute Gasteiger partial charge is 0.444 e. The third-order valence-electron chi connectivity index (χ3n) is 8.39. The smallest absolute Gasteiger partial charge is 0.416 e. The van der Waals surface area contributed by atoms with Crippen molar-refractivity contribution in [2.24, 2.45) is 5.92 Å². The number of rotatable bonds is 4. The Morgan fingerprint density at radius 3 is 2.54 bits per heavy atom. The molecule has 0 spiro atoms. The number of amides is 2. The Bertz CT molecular complexity index is 1850. The summed E-state index contributed by atoms with van der Waals surface area (Å²) in [6.45, 7) is 9.55. The van der Waals surface area contributed by atoms with Crippen LogP contribution < -0.4 is 15.6 Å². The number of aromatic nitrogens is 4. The van der Waals surface area contributed by atoms with Crippen molar-refractivity contribution < 1.29 is 27.5 Å². The van der Waals surface area contributed by atoms with E-state index in [1.165, 1.54) is 0 Å². The van der Waals surface area contributed by atoms with Crippen molar-refractivity contribution in [2.75, 3.05) is 23.3 Å². The van der Waals surface area contributed by atoms with Gasteiger partial charge in [0.25, 0.3) is 0 Å². The van der Waals surface area contributed by atoms with E-state index in [4.69, 9.17) is 16.3 Å². The Hall–Kier alpha value is -4.20. The number of alkyl halides is 3. The molecule has 3 aromatic rings. The second kappa shape index (κ2) is 11.2. The maximum atomic E-state index is 14.2. The standard InChI is InChI=1S/C31H33ClF3N7O4/c1-15(2)10-22-37-24-27(44)26-21(12-16-11-20-25(16)41(26)9-8-40(20)29(45)46-30(3,4)5)42(28(24)39-38-22)14-23(43)36-19-7-6-17(13-18(19)32)31(33,34)35/h6-7,10,13,16,20,25H,8-9,11-12,14H2,1-5H3,(H,36,43)/t16?,20-,25-/m0/s1. The van der Waals surface area contributed by atoms with Crippen molar-refractivity contribution in [3.05, 3.63) is 56.1 Å². The first-order valence-electron chi connectivity index (χ1n) is 14.9. The number of pyridine rings is 1. The van der Waals surface area contributed by atoms with Crippen molar-refractivity contribution in [3.63, 3.8) is 0 Å². The monoisotopic (exact) mass is 659 g/mol. The molecule has 1 saturated carbocycles. The molecule has 6 rings (SSSR count). The highest BCUT2D eigenvalue weighted by atomic mass is 35.5. The lowest BCUT2D eigenvalue weighted by atomic mass is 9.67. The summed E-state index contributed by atoms with van der Waals surface area (Å²) in [7, 11) is 0. The Labute approximate surface area is 267 Å². The molecular weight excluding hydrogens is 627 g/mol. The fourth-order valence-corrected chi connectivity index (χ4v) is 6.78. The number of ether oxygens (including phenoxy) is 1. The number of fused-ring (bicyclic) bond motifs is 3. The van der Waals surface area contributed by atoms with Gasteiger partial charge in [-0.3, -0.25) is 9.59 Å². The molecule has 1 saturated heterocycles. The van der Waals surface area contributed by atoms with E-state index in [0.717, 1.165) is 23.8 Å². The zero-order valence-corrected chi connectivity index (χ0v) is 26.7. The number of hydrogen-bond acceptors (Lipinski definition) is 8. The van der Waals surface area contributed by atoms with Crippen LogP contribution in [0, 0.1) is 5.92 Å². The molecule has 244 valence electrons. The number of allylic oxidation sites excluding steroid dienone is 1. The van der Waals surface area contributed by atoms with Crippen LogP contribution in [0.5, 0.6) is 0 Å². The minimum Gasteiger partial charge on any atom is -0.444 e. The van der Waals surface area contributed by atoms with Gasteiger partial charge in [0.05, 0.1) is 28.4 Å². The summed E-state index contributed by atoms with van der Waals surface area (Å²) in [6, 6.07) is 2.43. The van der Waals surface area contributed by atoms with Crippen molar-refractivity contribution in [1.29, 1.82) is 0 Å². The minimum atomic E-state index is -4.59. The lowest BCUT2D eigenvalue weighted by Crippen LogP contribution is -2.72. The summed E-state index contributed by atoms with van der Waals surface area (Å²) in [6.07, 6.45) is -2.17. The summed E-state index contributed by atoms with van der Waals surface area (Å²) >= 11 is 6.10. The summed E-state index contributed by atoms with van der Waals surface area (Å²) in [5, 5.41) is 10.8. The molecule has 2 amide bonds. The molecular formula is C31H33ClF3N7O4. The van der Waals surface area contributed by atoms with Crippen molar-refractivity contribution >= 4 is 52.2 Å². The number of piperazine rings is 1. The molecule has 2 aromatic heterocycles. The fraction of sp³-hybridized carbons (Fsp3) is 0.484. The van der Waals surface area contributed by atoms with E-state index in [9.17, 15) is 27.6 Å². The quantitative estimate of drug-likeness (QED) is 0.401. The molecule has 3 aliphatic rings. The van der Waals surface area contributed by atoms with Crippen LogP contribution in [0.4, 0.5) is 29.3 Å². The van der Waals surface area contributed by atoms with Gasteiger partial charge in [-0.25, -0.2) is 9.78 Å². The number of hydrogen-bond donors (Lipinski definition) is 1. The molecule has 46 heavy (non-hydrogen) atoms. The number of carbonyl (C=O) groups is 2. The highest BCUT2D eigenvalue weighted by molar-refractivity contribution is 6.33. The lowest BCUT2D eigenvalue weighted by molar-refractivity contribution is -0.137. The molecule has 15 heteroatoms. The van der Waals surface area contributed by atoms with Gasteiger partial charge in [0, 0.05) is 18.8 Å². The first-order valence-corrected chi connectivity index (χ1v) is 15.3. The highest BCUT2D eigenvalue weighted by Crippen LogP contribution is 2.47. The number of halogens is 4. The van der Waals surface area contributed by atoms with Crippen LogP contribution in [0.3, 0.4) is 0 Å². The van der Waals surface area contributed by atoms with Crippen molar-refractivity contribution in [1.82, 2.24) is 24.6 Å². The first kappa shape index (κ1) is 31.8. The van der Waals surface area contributed by atoms with Gasteiger partial charge in [0.2, 0.25) is 11.3 Å². The van der Waals surface area contributed by atoms with Gasteiger partial charge >= 0.3 is 12.3 Å². The highest BCUT2D eigenvalue weighted by Gasteiger charge is 2.55. The molecule has 1 aliphatic carbocycles. The zero-order chi connectivity index (χ0) is 33.3. The molecule has 1 unspecified atom stereocenters. The predicted octanol–water partition coefficient (Wildman–Crippen LogP) is 5.29. The number of nitrogens with one attached hydrogen (secondary N) is 1. The first-order chi connectivity index (χ1) is 21.5. The lowest BCUT2D eigenvalue weighted by Gasteiger charge is -2.60. The van der Waals surface area contributed by atoms with Crippen LogP contribution >= 0.6 is 11.6 Å². The van der Waals surface area contributed by atoms with E-state index < -0.39 is 23.2 Å². The van der Waals surface area contributed by atoms with Crippen molar-refractivity contribution in [2.45, 2.75) is 77.9 Å². The third-order valence-corrected chi connectivity index (χ3v) is 8.71. The Balaban J connectivity index is 1.39. The molecule has 0 bridgehead atoms. The van der Waals surface area contributed by atoms with E-state index in [0.29, 0.717) is 37.3 Å². The van der Waals surface area contributed by atoms with Crippen LogP contribution in [0.2, 0.25) is 5.02 Å². The normalized spacial score (nSPS) is 20.4. The van der Waals surface area contributed by atoms with Crippen LogP contribution in [-0.2, 0) is 28.7 Å². The number of anilines is 2. The van der Waals surface area contributed by atoms with Gasteiger partial charge in [-0.1, -0.05) is 17.2 Å². The Kier molecular flexibility index (Phi) is 7.77. The zero-order valence-electron chi connectivity index (χ0n) is 25.9. The van der Waals surface area contributed by atoms with Crippen LogP contribution in [0.15, 0.2) is 28.6 Å². The molecule has 3 atom stereocenters. The van der Waals surface area contributed by atoms with Gasteiger partial charge in [-0.2, -0.15) is 13.2 Å². The molecule has 11 nitrogen and oxygen atoms in total. The predicted molar refractivity (Wildman–Crippen MR) is 166 cm³/mol. The SMILES string of the molecule is CC(C)=Cc1nnc2c(n1)c(=O)c1c(n2CC(=O)Nc2ccc(C(F)(F)F)cc2Cl)CC2C[C@H]3[C@H]2N1CCN3C(=O)OC(C)(C)C. The maximum Gasteiger partial charge on any atom is 0.416 e. The van der Waals surface area contributed by atoms with Gasteiger partial charge in [-0.05, 0) is 77.7 Å². The second-order valence-corrected chi connectivity index (χ2v) is 13.5. The third kappa shape index (κ3) is 5.78. The van der Waals surface area contributed by atoms with Crippen LogP contribution in [0.1, 0.15) is 58.1 Å². The maximum absolute atomic E-state index is 14.2. The Morgan fingerprint density at radius 2 is 1.89 bits per heavy atom. The topological polar surface area (TPSA) is 123 Å². The second-order valence-electron chi connectivity index (χ2n) is 13.1. The number of benzene rings is 1. The summed E-state index contributed by atoms with van der Waals surface area (Å²) < 4.78 is 46.7. The molecule has 0 radical (unpaired) electrons. The van der Waals surface area contributed by atoms with Gasteiger partial charge < -0.3 is 24.4 Å². The van der Waals surface area contributed by atoms with E-state index in [-0.39, 0.29) is 63.8 Å². The molecule has 1 aromatic carbocycles. The Morgan fingerprint density at radius 1 is 1.15 bits per heavy atom. The molecule has 2 aliphatic heterocycles. The van der Waals surface area contributed by atoms with Gasteiger partial charge in [-0.15, -0.1) is 10.2 Å². The van der Waals surface area contributed by atoms with Crippen molar-refractivity contribution in [3.8, 4) is 0 Å². The molecule has 2 fully saturated rings. The van der Waals surface area contributed by atoms with E-state index in [2.05, 4.69) is 20.5 Å².